The number of carbonyl (C=O) groups is 1. The molecule has 2 aliphatic rings. The third kappa shape index (κ3) is 3.84. The summed E-state index contributed by atoms with van der Waals surface area (Å²) in [5.74, 6) is 1.52. The van der Waals surface area contributed by atoms with Crippen LogP contribution in [0.15, 0.2) is 18.2 Å². The van der Waals surface area contributed by atoms with Crippen molar-refractivity contribution < 1.29 is 24.1 Å². The van der Waals surface area contributed by atoms with Crippen molar-refractivity contribution in [1.82, 2.24) is 4.90 Å². The maximum Gasteiger partial charge on any atom is 0.409 e. The normalized spacial score (nSPS) is 23.7. The van der Waals surface area contributed by atoms with Crippen molar-refractivity contribution in [2.45, 2.75) is 37.7 Å². The highest BCUT2D eigenvalue weighted by Crippen LogP contribution is 2.38. The molecule has 6 nitrogen and oxygen atoms in total. The van der Waals surface area contributed by atoms with Crippen molar-refractivity contribution in [2.75, 3.05) is 33.9 Å². The van der Waals surface area contributed by atoms with Gasteiger partial charge in [0.2, 0.25) is 0 Å². The topological polar surface area (TPSA) is 68.2 Å². The Morgan fingerprint density at radius 3 is 2.60 bits per heavy atom. The summed E-state index contributed by atoms with van der Waals surface area (Å²) in [5.41, 5.74) is 1.05. The van der Waals surface area contributed by atoms with Gasteiger partial charge in [0.25, 0.3) is 0 Å². The molecule has 1 amide bonds. The van der Waals surface area contributed by atoms with E-state index in [4.69, 9.17) is 14.2 Å². The van der Waals surface area contributed by atoms with E-state index in [0.717, 1.165) is 29.9 Å². The number of amides is 1. The lowest BCUT2D eigenvalue weighted by Crippen LogP contribution is -2.28. The highest BCUT2D eigenvalue weighted by atomic mass is 16.5. The Bertz CT molecular complexity index is 599. The summed E-state index contributed by atoms with van der Waals surface area (Å²) in [5, 5.41) is 9.74. The summed E-state index contributed by atoms with van der Waals surface area (Å²) in [7, 11) is 3.02. The third-order valence-electron chi connectivity index (χ3n) is 5.32. The highest BCUT2D eigenvalue weighted by Gasteiger charge is 2.36. The van der Waals surface area contributed by atoms with Crippen LogP contribution in [0.25, 0.3) is 0 Å². The van der Waals surface area contributed by atoms with Gasteiger partial charge in [0.1, 0.15) is 0 Å². The zero-order valence-corrected chi connectivity index (χ0v) is 14.9. The number of hydrogen-bond donors (Lipinski definition) is 1. The minimum absolute atomic E-state index is 0.00757. The van der Waals surface area contributed by atoms with Gasteiger partial charge >= 0.3 is 6.09 Å². The number of aliphatic hydroxyl groups is 1. The second kappa shape index (κ2) is 7.95. The van der Waals surface area contributed by atoms with E-state index >= 15 is 0 Å². The Morgan fingerprint density at radius 1 is 1.20 bits per heavy atom. The molecule has 25 heavy (non-hydrogen) atoms. The molecule has 0 spiro atoms. The van der Waals surface area contributed by atoms with Gasteiger partial charge < -0.3 is 24.2 Å². The molecule has 2 atom stereocenters. The lowest BCUT2D eigenvalue weighted by Gasteiger charge is -2.20. The van der Waals surface area contributed by atoms with Crippen molar-refractivity contribution in [1.29, 1.82) is 0 Å². The number of likely N-dealkylation sites (tertiary alicyclic amines) is 1. The van der Waals surface area contributed by atoms with Gasteiger partial charge in [0.05, 0.1) is 20.3 Å². The summed E-state index contributed by atoms with van der Waals surface area (Å²) in [6.07, 6.45) is 4.45. The van der Waals surface area contributed by atoms with E-state index in [1.165, 1.54) is 20.0 Å². The van der Waals surface area contributed by atoms with Crippen LogP contribution in [-0.4, -0.2) is 56.1 Å². The van der Waals surface area contributed by atoms with Crippen LogP contribution in [0, 0.1) is 5.92 Å². The first-order chi connectivity index (χ1) is 12.2. The van der Waals surface area contributed by atoms with Crippen LogP contribution in [0.3, 0.4) is 0 Å². The Morgan fingerprint density at radius 2 is 1.96 bits per heavy atom. The average molecular weight is 349 g/mol. The average Bonchev–Trinajstić information content (AvgIpc) is 3.30. The summed E-state index contributed by atoms with van der Waals surface area (Å²) in [4.78, 5) is 13.5. The third-order valence-corrected chi connectivity index (χ3v) is 5.32. The summed E-state index contributed by atoms with van der Waals surface area (Å²) in [6, 6.07) is 5.91. The van der Waals surface area contributed by atoms with Crippen LogP contribution < -0.4 is 9.47 Å². The summed E-state index contributed by atoms with van der Waals surface area (Å²) >= 11 is 0. The van der Waals surface area contributed by atoms with Crippen LogP contribution in [0.2, 0.25) is 0 Å². The van der Waals surface area contributed by atoms with E-state index in [-0.39, 0.29) is 30.6 Å². The van der Waals surface area contributed by atoms with Gasteiger partial charge in [-0.1, -0.05) is 6.07 Å². The van der Waals surface area contributed by atoms with Crippen molar-refractivity contribution in [3.05, 3.63) is 23.8 Å². The van der Waals surface area contributed by atoms with E-state index in [1.54, 1.807) is 12.0 Å². The molecule has 1 N–H and O–H groups in total. The molecule has 0 aromatic heterocycles. The molecule has 138 valence electrons. The highest BCUT2D eigenvalue weighted by molar-refractivity contribution is 5.68. The standard InChI is InChI=1S/C19H27NO5/c1-23-17-8-7-13(9-18(17)25-15-5-3-4-6-15)16-11-20(19(22)24-2)10-14(16)12-21/h7-9,14-16,21H,3-6,10-12H2,1-2H3/t14-,16-/m0/s1. The minimum Gasteiger partial charge on any atom is -0.493 e. The van der Waals surface area contributed by atoms with Crippen LogP contribution in [0.1, 0.15) is 37.2 Å². The molecule has 6 heteroatoms. The lowest BCUT2D eigenvalue weighted by molar-refractivity contribution is 0.129. The zero-order valence-electron chi connectivity index (χ0n) is 14.9. The second-order valence-electron chi connectivity index (χ2n) is 6.86. The minimum atomic E-state index is -0.350. The van der Waals surface area contributed by atoms with E-state index in [1.807, 2.05) is 18.2 Å². The molecule has 0 unspecified atom stereocenters. The predicted octanol–water partition coefficient (Wildman–Crippen LogP) is 2.79. The fourth-order valence-electron chi connectivity index (χ4n) is 3.91. The summed E-state index contributed by atoms with van der Waals surface area (Å²) in [6.45, 7) is 1.06. The number of ether oxygens (including phenoxy) is 3. The quantitative estimate of drug-likeness (QED) is 0.885. The van der Waals surface area contributed by atoms with Gasteiger partial charge in [-0.05, 0) is 43.4 Å². The molecule has 2 fully saturated rings. The molecular formula is C19H27NO5. The molecule has 1 aliphatic heterocycles. The molecular weight excluding hydrogens is 322 g/mol. The molecule has 1 heterocycles. The van der Waals surface area contributed by atoms with Gasteiger partial charge in [0.15, 0.2) is 11.5 Å². The first-order valence-electron chi connectivity index (χ1n) is 8.94. The van der Waals surface area contributed by atoms with Gasteiger partial charge in [-0.25, -0.2) is 4.79 Å². The molecule has 0 bridgehead atoms. The number of carbonyl (C=O) groups excluding carboxylic acids is 1. The molecule has 1 aromatic rings. The van der Waals surface area contributed by atoms with Gasteiger partial charge in [-0.15, -0.1) is 0 Å². The fraction of sp³-hybridized carbons (Fsp3) is 0.632. The molecule has 3 rings (SSSR count). The number of nitrogens with zero attached hydrogens (tertiary/aromatic N) is 1. The maximum absolute atomic E-state index is 11.8. The van der Waals surface area contributed by atoms with E-state index in [9.17, 15) is 9.90 Å². The molecule has 1 saturated carbocycles. The van der Waals surface area contributed by atoms with Crippen molar-refractivity contribution in [2.24, 2.45) is 5.92 Å². The monoisotopic (exact) mass is 349 g/mol. The number of benzene rings is 1. The van der Waals surface area contributed by atoms with Crippen molar-refractivity contribution in [3.63, 3.8) is 0 Å². The maximum atomic E-state index is 11.8. The Labute approximate surface area is 148 Å². The molecule has 0 radical (unpaired) electrons. The summed E-state index contributed by atoms with van der Waals surface area (Å²) < 4.78 is 16.4. The second-order valence-corrected chi connectivity index (χ2v) is 6.86. The zero-order chi connectivity index (χ0) is 17.8. The number of rotatable bonds is 5. The number of methoxy groups -OCH3 is 2. The predicted molar refractivity (Wildman–Crippen MR) is 93.2 cm³/mol. The Hall–Kier alpha value is -1.95. The largest absolute Gasteiger partial charge is 0.493 e. The van der Waals surface area contributed by atoms with E-state index < -0.39 is 0 Å². The van der Waals surface area contributed by atoms with Crippen LogP contribution in [-0.2, 0) is 4.74 Å². The molecule has 1 aromatic carbocycles. The van der Waals surface area contributed by atoms with E-state index in [0.29, 0.717) is 13.1 Å². The molecule has 1 saturated heterocycles. The van der Waals surface area contributed by atoms with Crippen LogP contribution in [0.5, 0.6) is 11.5 Å². The van der Waals surface area contributed by atoms with Crippen LogP contribution >= 0.6 is 0 Å². The van der Waals surface area contributed by atoms with Crippen molar-refractivity contribution in [3.8, 4) is 11.5 Å². The SMILES string of the molecule is COC(=O)N1C[C@@H](CO)[C@H](c2ccc(OC)c(OC3CCCC3)c2)C1. The Kier molecular flexibility index (Phi) is 5.68. The smallest absolute Gasteiger partial charge is 0.409 e. The molecule has 1 aliphatic carbocycles. The van der Waals surface area contributed by atoms with Gasteiger partial charge in [-0.3, -0.25) is 0 Å². The van der Waals surface area contributed by atoms with Crippen molar-refractivity contribution >= 4 is 6.09 Å². The first kappa shape index (κ1) is 17.9. The first-order valence-corrected chi connectivity index (χ1v) is 8.94. The van der Waals surface area contributed by atoms with Gasteiger partial charge in [0, 0.05) is 31.5 Å². The van der Waals surface area contributed by atoms with Crippen LogP contribution in [0.4, 0.5) is 4.79 Å². The number of aliphatic hydroxyl groups excluding tert-OH is 1. The number of hydrogen-bond acceptors (Lipinski definition) is 5. The lowest BCUT2D eigenvalue weighted by atomic mass is 9.89. The fourth-order valence-corrected chi connectivity index (χ4v) is 3.91. The Balaban J connectivity index is 1.81. The van der Waals surface area contributed by atoms with E-state index in [2.05, 4.69) is 0 Å². The van der Waals surface area contributed by atoms with Gasteiger partial charge in [-0.2, -0.15) is 0 Å².